The van der Waals surface area contributed by atoms with Crippen LogP contribution in [0.15, 0.2) is 75.0 Å². The van der Waals surface area contributed by atoms with Crippen LogP contribution in [0.1, 0.15) is 30.9 Å². The topological polar surface area (TPSA) is 80.2 Å². The Bertz CT molecular complexity index is 948. The minimum absolute atomic E-state index is 0.0796. The molecule has 3 heterocycles. The third kappa shape index (κ3) is 3.64. The minimum atomic E-state index is -0.300. The number of amides is 1. The van der Waals surface area contributed by atoms with Crippen LogP contribution < -0.4 is 10.1 Å². The zero-order chi connectivity index (χ0) is 19.3. The van der Waals surface area contributed by atoms with Crippen molar-refractivity contribution in [2.75, 3.05) is 18.5 Å². The van der Waals surface area contributed by atoms with Gasteiger partial charge in [0.05, 0.1) is 31.4 Å². The van der Waals surface area contributed by atoms with Gasteiger partial charge in [-0.3, -0.25) is 4.79 Å². The van der Waals surface area contributed by atoms with Crippen LogP contribution in [-0.4, -0.2) is 29.8 Å². The summed E-state index contributed by atoms with van der Waals surface area (Å²) in [7, 11) is 0. The van der Waals surface area contributed by atoms with E-state index in [-0.39, 0.29) is 18.5 Å². The highest BCUT2D eigenvalue weighted by Crippen LogP contribution is 2.33. The number of hydrazone groups is 1. The van der Waals surface area contributed by atoms with Crippen LogP contribution in [0, 0.1) is 0 Å². The quantitative estimate of drug-likeness (QED) is 0.670. The minimum Gasteiger partial charge on any atom is -0.492 e. The zero-order valence-corrected chi connectivity index (χ0v) is 15.5. The highest BCUT2D eigenvalue weighted by atomic mass is 16.5. The summed E-state index contributed by atoms with van der Waals surface area (Å²) in [6, 6.07) is 14.5. The average Bonchev–Trinajstić information content (AvgIpc) is 3.48. The Morgan fingerprint density at radius 2 is 2.00 bits per heavy atom. The molecule has 1 aromatic carbocycles. The summed E-state index contributed by atoms with van der Waals surface area (Å²) in [6.07, 6.45) is 3.72. The second-order valence-electron chi connectivity index (χ2n) is 6.28. The number of ether oxygens (including phenoxy) is 1. The molecule has 28 heavy (non-hydrogen) atoms. The average molecular weight is 379 g/mol. The third-order valence-electron chi connectivity index (χ3n) is 4.46. The number of nitrogens with one attached hydrogen (secondary N) is 1. The van der Waals surface area contributed by atoms with Gasteiger partial charge in [-0.05, 0) is 43.3 Å². The van der Waals surface area contributed by atoms with E-state index in [2.05, 4.69) is 10.4 Å². The maximum absolute atomic E-state index is 13.0. The molecule has 0 spiro atoms. The molecule has 0 saturated heterocycles. The predicted molar refractivity (Wildman–Crippen MR) is 104 cm³/mol. The van der Waals surface area contributed by atoms with Gasteiger partial charge in [0.25, 0.3) is 5.91 Å². The molecule has 1 N–H and O–H groups in total. The lowest BCUT2D eigenvalue weighted by molar-refractivity contribution is -0.131. The Morgan fingerprint density at radius 3 is 2.75 bits per heavy atom. The second kappa shape index (κ2) is 8.04. The number of anilines is 1. The van der Waals surface area contributed by atoms with Crippen LogP contribution in [0.2, 0.25) is 0 Å². The molecule has 4 rings (SSSR count). The number of carbonyl (C=O) groups excluding carboxylic acids is 1. The normalized spacial score (nSPS) is 16.1. The van der Waals surface area contributed by atoms with E-state index in [4.69, 9.17) is 13.6 Å². The van der Waals surface area contributed by atoms with Crippen molar-refractivity contribution in [3.05, 3.63) is 72.6 Å². The SMILES string of the molecule is CCOc1ccccc1NCC(=O)N1N=C(c2ccco2)CC1c1ccco1. The fraction of sp³-hybridized carbons (Fsp3) is 0.238. The summed E-state index contributed by atoms with van der Waals surface area (Å²) in [6.45, 7) is 2.55. The molecule has 0 saturated carbocycles. The van der Waals surface area contributed by atoms with Gasteiger partial charge >= 0.3 is 0 Å². The van der Waals surface area contributed by atoms with E-state index >= 15 is 0 Å². The first-order valence-electron chi connectivity index (χ1n) is 9.18. The van der Waals surface area contributed by atoms with E-state index in [1.54, 1.807) is 24.7 Å². The third-order valence-corrected chi connectivity index (χ3v) is 4.46. The van der Waals surface area contributed by atoms with Crippen LogP contribution in [0.4, 0.5) is 5.69 Å². The molecule has 0 fully saturated rings. The molecule has 0 bridgehead atoms. The number of rotatable bonds is 7. The van der Waals surface area contributed by atoms with Crippen LogP contribution in [-0.2, 0) is 4.79 Å². The molecule has 1 amide bonds. The van der Waals surface area contributed by atoms with Crippen molar-refractivity contribution in [1.82, 2.24) is 5.01 Å². The van der Waals surface area contributed by atoms with Gasteiger partial charge < -0.3 is 18.9 Å². The molecule has 7 heteroatoms. The van der Waals surface area contributed by atoms with Crippen molar-refractivity contribution in [2.45, 2.75) is 19.4 Å². The van der Waals surface area contributed by atoms with Gasteiger partial charge in [-0.15, -0.1) is 0 Å². The molecule has 1 aliphatic rings. The highest BCUT2D eigenvalue weighted by Gasteiger charge is 2.35. The van der Waals surface area contributed by atoms with E-state index in [0.717, 1.165) is 11.4 Å². The number of hydrogen-bond donors (Lipinski definition) is 1. The Labute approximate surface area is 162 Å². The molecule has 0 aliphatic carbocycles. The summed E-state index contributed by atoms with van der Waals surface area (Å²) in [5.74, 6) is 1.88. The molecule has 0 radical (unpaired) electrons. The summed E-state index contributed by atoms with van der Waals surface area (Å²) < 4.78 is 16.6. The first-order chi connectivity index (χ1) is 13.8. The highest BCUT2D eigenvalue weighted by molar-refractivity contribution is 6.01. The van der Waals surface area contributed by atoms with Crippen molar-refractivity contribution in [1.29, 1.82) is 0 Å². The van der Waals surface area contributed by atoms with Crippen molar-refractivity contribution >= 4 is 17.3 Å². The summed E-state index contributed by atoms with van der Waals surface area (Å²) in [4.78, 5) is 13.0. The van der Waals surface area contributed by atoms with Gasteiger partial charge in [0.2, 0.25) is 0 Å². The lowest BCUT2D eigenvalue weighted by Gasteiger charge is -2.20. The number of para-hydroxylation sites is 2. The van der Waals surface area contributed by atoms with Gasteiger partial charge in [0.1, 0.15) is 29.0 Å². The van der Waals surface area contributed by atoms with E-state index in [9.17, 15) is 4.79 Å². The lowest BCUT2D eigenvalue weighted by atomic mass is 10.1. The largest absolute Gasteiger partial charge is 0.492 e. The molecule has 7 nitrogen and oxygen atoms in total. The van der Waals surface area contributed by atoms with E-state index in [1.807, 2.05) is 43.3 Å². The number of carbonyl (C=O) groups is 1. The van der Waals surface area contributed by atoms with Crippen LogP contribution in [0.3, 0.4) is 0 Å². The Morgan fingerprint density at radius 1 is 1.18 bits per heavy atom. The Balaban J connectivity index is 1.52. The predicted octanol–water partition coefficient (Wildman–Crippen LogP) is 4.06. The number of hydrogen-bond acceptors (Lipinski definition) is 6. The first-order valence-corrected chi connectivity index (χ1v) is 9.18. The maximum atomic E-state index is 13.0. The molecule has 3 aromatic rings. The standard InChI is InChI=1S/C21H21N3O4/c1-2-26-18-8-4-3-7-15(18)22-14-21(25)24-17(20-10-6-12-28-20)13-16(23-24)19-9-5-11-27-19/h3-12,17,22H,2,13-14H2,1H3. The molecular formula is C21H21N3O4. The van der Waals surface area contributed by atoms with Crippen molar-refractivity contribution in [2.24, 2.45) is 5.10 Å². The van der Waals surface area contributed by atoms with Crippen LogP contribution >= 0.6 is 0 Å². The Kier molecular flexibility index (Phi) is 5.14. The van der Waals surface area contributed by atoms with Gasteiger partial charge in [-0.25, -0.2) is 5.01 Å². The summed E-state index contributed by atoms with van der Waals surface area (Å²) >= 11 is 0. The van der Waals surface area contributed by atoms with E-state index in [0.29, 0.717) is 30.3 Å². The van der Waals surface area contributed by atoms with Gasteiger partial charge in [0.15, 0.2) is 0 Å². The van der Waals surface area contributed by atoms with Crippen molar-refractivity contribution in [3.8, 4) is 5.75 Å². The molecule has 1 aliphatic heterocycles. The van der Waals surface area contributed by atoms with Crippen LogP contribution in [0.5, 0.6) is 5.75 Å². The molecule has 1 atom stereocenters. The molecular weight excluding hydrogens is 358 g/mol. The van der Waals surface area contributed by atoms with Gasteiger partial charge in [-0.2, -0.15) is 5.10 Å². The zero-order valence-electron chi connectivity index (χ0n) is 15.5. The summed E-state index contributed by atoms with van der Waals surface area (Å²) in [5.41, 5.74) is 1.48. The van der Waals surface area contributed by atoms with E-state index < -0.39 is 0 Å². The number of benzene rings is 1. The second-order valence-corrected chi connectivity index (χ2v) is 6.28. The molecule has 1 unspecified atom stereocenters. The fourth-order valence-electron chi connectivity index (χ4n) is 3.18. The van der Waals surface area contributed by atoms with Crippen molar-refractivity contribution < 1.29 is 18.4 Å². The Hall–Kier alpha value is -3.48. The monoisotopic (exact) mass is 379 g/mol. The van der Waals surface area contributed by atoms with E-state index in [1.165, 1.54) is 5.01 Å². The fourth-order valence-corrected chi connectivity index (χ4v) is 3.18. The van der Waals surface area contributed by atoms with Gasteiger partial charge in [-0.1, -0.05) is 12.1 Å². The first kappa shape index (κ1) is 17.9. The molecule has 144 valence electrons. The number of nitrogens with zero attached hydrogens (tertiary/aromatic N) is 2. The maximum Gasteiger partial charge on any atom is 0.262 e. The van der Waals surface area contributed by atoms with Crippen LogP contribution in [0.25, 0.3) is 0 Å². The van der Waals surface area contributed by atoms with Gasteiger partial charge in [0, 0.05) is 6.42 Å². The smallest absolute Gasteiger partial charge is 0.262 e. The lowest BCUT2D eigenvalue weighted by Crippen LogP contribution is -2.32. The molecule has 2 aromatic heterocycles. The summed E-state index contributed by atoms with van der Waals surface area (Å²) in [5, 5.41) is 9.13. The van der Waals surface area contributed by atoms with Crippen molar-refractivity contribution in [3.63, 3.8) is 0 Å². The number of furan rings is 2.